The first-order valence-corrected chi connectivity index (χ1v) is 5.89. The van der Waals surface area contributed by atoms with Gasteiger partial charge in [-0.2, -0.15) is 25.8 Å². The van der Waals surface area contributed by atoms with Crippen molar-refractivity contribution in [3.8, 4) is 5.75 Å². The molecule has 1 aromatic rings. The molecule has 0 heterocycles. The van der Waals surface area contributed by atoms with Crippen LogP contribution in [-0.2, 0) is 6.18 Å². The molecule has 18 heavy (non-hydrogen) atoms. The number of halogens is 4. The van der Waals surface area contributed by atoms with E-state index in [0.717, 1.165) is 6.07 Å². The SMILES string of the molecule is CC(C)(CS)COc1ccc(F)c(C(F)(F)F)c1. The largest absolute Gasteiger partial charge is 0.493 e. The molecule has 0 bridgehead atoms. The van der Waals surface area contributed by atoms with Crippen LogP contribution in [0.4, 0.5) is 17.6 Å². The fourth-order valence-electron chi connectivity index (χ4n) is 1.14. The Hall–Kier alpha value is -0.910. The quantitative estimate of drug-likeness (QED) is 0.644. The van der Waals surface area contributed by atoms with E-state index in [1.807, 2.05) is 13.8 Å². The lowest BCUT2D eigenvalue weighted by atomic mass is 9.98. The highest BCUT2D eigenvalue weighted by Crippen LogP contribution is 2.34. The summed E-state index contributed by atoms with van der Waals surface area (Å²) in [7, 11) is 0. The molecule has 0 unspecified atom stereocenters. The second-order valence-electron chi connectivity index (χ2n) is 4.75. The third kappa shape index (κ3) is 4.08. The van der Waals surface area contributed by atoms with Gasteiger partial charge in [-0.1, -0.05) is 13.8 Å². The summed E-state index contributed by atoms with van der Waals surface area (Å²) in [6, 6.07) is 2.61. The molecule has 0 aromatic heterocycles. The Morgan fingerprint density at radius 3 is 2.33 bits per heavy atom. The summed E-state index contributed by atoms with van der Waals surface area (Å²) in [5.41, 5.74) is -1.58. The minimum absolute atomic E-state index is 0.00131. The van der Waals surface area contributed by atoms with Gasteiger partial charge in [0.05, 0.1) is 12.2 Å². The van der Waals surface area contributed by atoms with E-state index in [0.29, 0.717) is 11.8 Å². The zero-order valence-corrected chi connectivity index (χ0v) is 10.9. The Balaban J connectivity index is 2.87. The lowest BCUT2D eigenvalue weighted by Gasteiger charge is -2.22. The van der Waals surface area contributed by atoms with Gasteiger partial charge in [-0.05, 0) is 24.0 Å². The maximum absolute atomic E-state index is 13.0. The molecule has 0 saturated carbocycles. The third-order valence-corrected chi connectivity index (χ3v) is 3.16. The standard InChI is InChI=1S/C12H14F4OS/c1-11(2,7-18)6-17-8-3-4-10(13)9(5-8)12(14,15)16/h3-5,18H,6-7H2,1-2H3. The first kappa shape index (κ1) is 15.1. The van der Waals surface area contributed by atoms with Crippen LogP contribution in [0.25, 0.3) is 0 Å². The second-order valence-corrected chi connectivity index (χ2v) is 5.07. The number of ether oxygens (including phenoxy) is 1. The van der Waals surface area contributed by atoms with Gasteiger partial charge in [0.1, 0.15) is 11.6 Å². The van der Waals surface area contributed by atoms with Gasteiger partial charge in [0.15, 0.2) is 0 Å². The smallest absolute Gasteiger partial charge is 0.419 e. The van der Waals surface area contributed by atoms with E-state index in [4.69, 9.17) is 4.74 Å². The van der Waals surface area contributed by atoms with Crippen molar-refractivity contribution in [1.29, 1.82) is 0 Å². The van der Waals surface area contributed by atoms with Gasteiger partial charge >= 0.3 is 6.18 Å². The average molecular weight is 282 g/mol. The highest BCUT2D eigenvalue weighted by atomic mass is 32.1. The lowest BCUT2D eigenvalue weighted by molar-refractivity contribution is -0.140. The molecule has 0 aliphatic heterocycles. The van der Waals surface area contributed by atoms with E-state index in [1.165, 1.54) is 6.07 Å². The van der Waals surface area contributed by atoms with Crippen molar-refractivity contribution in [2.45, 2.75) is 20.0 Å². The Kier molecular flexibility index (Phi) is 4.53. The normalized spacial score (nSPS) is 12.6. The zero-order chi connectivity index (χ0) is 14.0. The molecule has 0 aliphatic rings. The fourth-order valence-corrected chi connectivity index (χ4v) is 1.23. The Morgan fingerprint density at radius 1 is 1.22 bits per heavy atom. The number of thiol groups is 1. The maximum atomic E-state index is 13.0. The Labute approximate surface area is 109 Å². The molecule has 0 aliphatic carbocycles. The highest BCUT2D eigenvalue weighted by molar-refractivity contribution is 7.80. The molecule has 0 N–H and O–H groups in total. The van der Waals surface area contributed by atoms with Crippen molar-refractivity contribution in [3.63, 3.8) is 0 Å². The molecule has 0 amide bonds. The maximum Gasteiger partial charge on any atom is 0.419 e. The van der Waals surface area contributed by atoms with Gasteiger partial charge in [-0.3, -0.25) is 0 Å². The first-order valence-electron chi connectivity index (χ1n) is 5.26. The number of alkyl halides is 3. The zero-order valence-electron chi connectivity index (χ0n) is 10.0. The van der Waals surface area contributed by atoms with Crippen LogP contribution >= 0.6 is 12.6 Å². The van der Waals surface area contributed by atoms with Crippen LogP contribution in [0.1, 0.15) is 19.4 Å². The molecule has 0 spiro atoms. The summed E-state index contributed by atoms with van der Waals surface area (Å²) in [6.07, 6.45) is -4.72. The predicted octanol–water partition coefficient (Wildman–Crippen LogP) is 4.18. The lowest BCUT2D eigenvalue weighted by Crippen LogP contribution is -2.23. The van der Waals surface area contributed by atoms with Crippen LogP contribution < -0.4 is 4.74 Å². The molecule has 1 rings (SSSR count). The predicted molar refractivity (Wildman–Crippen MR) is 64.5 cm³/mol. The van der Waals surface area contributed by atoms with Crippen LogP contribution in [0.3, 0.4) is 0 Å². The monoisotopic (exact) mass is 282 g/mol. The minimum Gasteiger partial charge on any atom is -0.493 e. The average Bonchev–Trinajstić information content (AvgIpc) is 2.26. The molecule has 6 heteroatoms. The summed E-state index contributed by atoms with van der Waals surface area (Å²) >= 11 is 4.11. The summed E-state index contributed by atoms with van der Waals surface area (Å²) in [4.78, 5) is 0. The van der Waals surface area contributed by atoms with Crippen molar-refractivity contribution in [2.75, 3.05) is 12.4 Å². The molecular formula is C12H14F4OS. The fraction of sp³-hybridized carbons (Fsp3) is 0.500. The highest BCUT2D eigenvalue weighted by Gasteiger charge is 2.34. The third-order valence-electron chi connectivity index (χ3n) is 2.30. The summed E-state index contributed by atoms with van der Waals surface area (Å²) in [6.45, 7) is 3.95. The van der Waals surface area contributed by atoms with Crippen molar-refractivity contribution in [2.24, 2.45) is 5.41 Å². The molecule has 1 aromatic carbocycles. The second kappa shape index (κ2) is 5.38. The van der Waals surface area contributed by atoms with Crippen LogP contribution in [0.5, 0.6) is 5.75 Å². The van der Waals surface area contributed by atoms with Crippen LogP contribution in [0, 0.1) is 11.2 Å². The van der Waals surface area contributed by atoms with Crippen molar-refractivity contribution < 1.29 is 22.3 Å². The van der Waals surface area contributed by atoms with Crippen LogP contribution in [0.2, 0.25) is 0 Å². The number of hydrogen-bond donors (Lipinski definition) is 1. The van der Waals surface area contributed by atoms with E-state index in [-0.39, 0.29) is 17.8 Å². The van der Waals surface area contributed by atoms with Gasteiger partial charge in [-0.25, -0.2) is 4.39 Å². The van der Waals surface area contributed by atoms with E-state index in [1.54, 1.807) is 0 Å². The number of hydrogen-bond acceptors (Lipinski definition) is 2. The Morgan fingerprint density at radius 2 is 1.83 bits per heavy atom. The molecule has 0 atom stereocenters. The summed E-state index contributed by atoms with van der Waals surface area (Å²) < 4.78 is 55.6. The van der Waals surface area contributed by atoms with Crippen molar-refractivity contribution in [1.82, 2.24) is 0 Å². The van der Waals surface area contributed by atoms with Crippen LogP contribution in [-0.4, -0.2) is 12.4 Å². The van der Waals surface area contributed by atoms with Gasteiger partial charge < -0.3 is 4.74 Å². The van der Waals surface area contributed by atoms with Gasteiger partial charge in [0.25, 0.3) is 0 Å². The van der Waals surface area contributed by atoms with Crippen LogP contribution in [0.15, 0.2) is 18.2 Å². The molecule has 0 fully saturated rings. The number of rotatable bonds is 4. The van der Waals surface area contributed by atoms with E-state index in [2.05, 4.69) is 12.6 Å². The molecule has 1 nitrogen and oxygen atoms in total. The molecular weight excluding hydrogens is 268 g/mol. The topological polar surface area (TPSA) is 9.23 Å². The minimum atomic E-state index is -4.72. The number of benzene rings is 1. The van der Waals surface area contributed by atoms with Gasteiger partial charge in [0.2, 0.25) is 0 Å². The van der Waals surface area contributed by atoms with Crippen molar-refractivity contribution in [3.05, 3.63) is 29.6 Å². The Bertz CT molecular complexity index is 415. The van der Waals surface area contributed by atoms with E-state index >= 15 is 0 Å². The summed E-state index contributed by atoms with van der Waals surface area (Å²) in [5.74, 6) is -0.776. The van der Waals surface area contributed by atoms with E-state index in [9.17, 15) is 17.6 Å². The first-order chi connectivity index (χ1) is 8.15. The van der Waals surface area contributed by atoms with E-state index < -0.39 is 17.6 Å². The van der Waals surface area contributed by atoms with Crippen molar-refractivity contribution >= 4 is 12.6 Å². The van der Waals surface area contributed by atoms with Gasteiger partial charge in [-0.15, -0.1) is 0 Å². The molecule has 102 valence electrons. The summed E-state index contributed by atoms with van der Waals surface area (Å²) in [5, 5.41) is 0. The molecule has 0 radical (unpaired) electrons. The van der Waals surface area contributed by atoms with Gasteiger partial charge in [0, 0.05) is 5.41 Å². The molecule has 0 saturated heterocycles.